The Morgan fingerprint density at radius 1 is 1.21 bits per heavy atom. The van der Waals surface area contributed by atoms with Crippen LogP contribution in [0.5, 0.6) is 0 Å². The summed E-state index contributed by atoms with van der Waals surface area (Å²) in [5.41, 5.74) is 0. The van der Waals surface area contributed by atoms with Gasteiger partial charge in [0.2, 0.25) is 0 Å². The molecule has 1 heterocycles. The molecule has 14 heavy (non-hydrogen) atoms. The lowest BCUT2D eigenvalue weighted by Gasteiger charge is -2.45. The zero-order valence-electron chi connectivity index (χ0n) is 10.3. The molecule has 0 atom stereocenters. The number of nitrogens with zero attached hydrogens (tertiary/aromatic N) is 2. The number of rotatable bonds is 5. The topological polar surface area (TPSA) is 3.24 Å². The smallest absolute Gasteiger partial charge is 0.338 e. The van der Waals surface area contributed by atoms with Crippen molar-refractivity contribution < 1.29 is 4.15 Å². The minimum absolute atomic E-state index is 0.0199. The van der Waals surface area contributed by atoms with E-state index < -0.39 is 0 Å². The monoisotopic (exact) mass is 215 g/mol. The Morgan fingerprint density at radius 2 is 1.93 bits per heavy atom. The second-order valence-electron chi connectivity index (χ2n) is 4.66. The molecule has 0 aromatic rings. The summed E-state index contributed by atoms with van der Waals surface area (Å²) in [5, 5.41) is 0. The highest BCUT2D eigenvalue weighted by molar-refractivity contribution is 6.22. The fraction of sp³-hybridized carbons (Fsp3) is 1.00. The van der Waals surface area contributed by atoms with E-state index in [1.165, 1.54) is 56.1 Å². The summed E-state index contributed by atoms with van der Waals surface area (Å²) in [6.07, 6.45) is 4.18. The van der Waals surface area contributed by atoms with E-state index in [1.807, 2.05) is 0 Å². The van der Waals surface area contributed by atoms with E-state index in [0.29, 0.717) is 0 Å². The molecule has 1 aliphatic rings. The molecule has 84 valence electrons. The second-order valence-corrected chi connectivity index (χ2v) is 7.18. The molecule has 1 aliphatic heterocycles. The van der Waals surface area contributed by atoms with Gasteiger partial charge in [0.05, 0.1) is 19.6 Å². The molecule has 1 rings (SSSR count). The second kappa shape index (κ2) is 5.88. The summed E-state index contributed by atoms with van der Waals surface area (Å²) < 4.78 is 4.27. The third kappa shape index (κ3) is 3.07. The van der Waals surface area contributed by atoms with Crippen molar-refractivity contribution in [2.24, 2.45) is 0 Å². The maximum atomic E-state index is 2.81. The Labute approximate surface area is 91.8 Å². The maximum absolute atomic E-state index is 2.81. The van der Waals surface area contributed by atoms with E-state index in [9.17, 15) is 0 Å². The SMILES string of the molecule is CCCCN1CCC[N+](CC)(CC)[SiH2]1. The zero-order chi connectivity index (χ0) is 10.4. The van der Waals surface area contributed by atoms with Crippen molar-refractivity contribution >= 4 is 9.84 Å². The van der Waals surface area contributed by atoms with Gasteiger partial charge >= 0.3 is 9.84 Å². The summed E-state index contributed by atoms with van der Waals surface area (Å²) >= 11 is 0. The first kappa shape index (κ1) is 12.2. The van der Waals surface area contributed by atoms with Crippen LogP contribution in [0.25, 0.3) is 0 Å². The lowest BCUT2D eigenvalue weighted by molar-refractivity contribution is -0.825. The molecule has 0 aromatic carbocycles. The molecule has 0 saturated carbocycles. The Hall–Kier alpha value is 0.137. The molecule has 2 nitrogen and oxygen atoms in total. The molecule has 0 N–H and O–H groups in total. The maximum Gasteiger partial charge on any atom is 0.338 e. The summed E-state index contributed by atoms with van der Waals surface area (Å²) in [7, 11) is -0.0199. The van der Waals surface area contributed by atoms with E-state index in [-0.39, 0.29) is 9.84 Å². The standard InChI is InChI=1S/C11H27N2Si/c1-4-7-9-12-10-8-11-13(5-2,6-3)14-12/h4-11,14H2,1-3H3/q+1. The van der Waals surface area contributed by atoms with Crippen LogP contribution < -0.4 is 0 Å². The molecule has 0 amide bonds. The highest BCUT2D eigenvalue weighted by Crippen LogP contribution is 2.14. The van der Waals surface area contributed by atoms with Crippen molar-refractivity contribution in [1.29, 1.82) is 0 Å². The van der Waals surface area contributed by atoms with E-state index >= 15 is 0 Å². The van der Waals surface area contributed by atoms with Crippen molar-refractivity contribution in [1.82, 2.24) is 4.57 Å². The Kier molecular flexibility index (Phi) is 5.13. The van der Waals surface area contributed by atoms with Crippen molar-refractivity contribution in [3.63, 3.8) is 0 Å². The van der Waals surface area contributed by atoms with Crippen LogP contribution in [-0.2, 0) is 0 Å². The van der Waals surface area contributed by atoms with E-state index in [4.69, 9.17) is 0 Å². The summed E-state index contributed by atoms with van der Waals surface area (Å²) in [4.78, 5) is 0. The van der Waals surface area contributed by atoms with Gasteiger partial charge in [-0.1, -0.05) is 13.3 Å². The first-order chi connectivity index (χ1) is 6.76. The van der Waals surface area contributed by atoms with Crippen molar-refractivity contribution in [3.05, 3.63) is 0 Å². The minimum atomic E-state index is -0.0199. The normalized spacial score (nSPS) is 24.2. The molecule has 1 fully saturated rings. The summed E-state index contributed by atoms with van der Waals surface area (Å²) in [5.74, 6) is 0. The predicted molar refractivity (Wildman–Crippen MR) is 65.9 cm³/mol. The number of hydrogen-bond donors (Lipinski definition) is 0. The summed E-state index contributed by atoms with van der Waals surface area (Å²) in [6.45, 7) is 14.0. The third-order valence-corrected chi connectivity index (χ3v) is 6.62. The van der Waals surface area contributed by atoms with Gasteiger partial charge in [0, 0.05) is 13.0 Å². The lowest BCUT2D eigenvalue weighted by Crippen LogP contribution is -2.61. The van der Waals surface area contributed by atoms with Crippen LogP contribution in [0.4, 0.5) is 0 Å². The molecule has 0 aromatic heterocycles. The molecule has 0 radical (unpaired) electrons. The van der Waals surface area contributed by atoms with Gasteiger partial charge in [-0.3, -0.25) is 4.57 Å². The van der Waals surface area contributed by atoms with Crippen LogP contribution in [0, 0.1) is 0 Å². The van der Waals surface area contributed by atoms with Gasteiger partial charge in [-0.2, -0.15) is 0 Å². The predicted octanol–water partition coefficient (Wildman–Crippen LogP) is 1.35. The van der Waals surface area contributed by atoms with Gasteiger partial charge in [0.1, 0.15) is 0 Å². The largest absolute Gasteiger partial charge is 0.376 e. The molecule has 1 saturated heterocycles. The van der Waals surface area contributed by atoms with Crippen LogP contribution in [0.3, 0.4) is 0 Å². The average Bonchev–Trinajstić information content (AvgIpc) is 2.26. The molecular weight excluding hydrogens is 188 g/mol. The van der Waals surface area contributed by atoms with E-state index in [2.05, 4.69) is 25.3 Å². The van der Waals surface area contributed by atoms with Gasteiger partial charge < -0.3 is 4.15 Å². The minimum Gasteiger partial charge on any atom is -0.376 e. The van der Waals surface area contributed by atoms with Crippen molar-refractivity contribution in [2.75, 3.05) is 32.7 Å². The molecule has 3 heteroatoms. The highest BCUT2D eigenvalue weighted by Gasteiger charge is 2.30. The van der Waals surface area contributed by atoms with Crippen LogP contribution in [0.15, 0.2) is 0 Å². The van der Waals surface area contributed by atoms with Crippen molar-refractivity contribution in [3.8, 4) is 0 Å². The van der Waals surface area contributed by atoms with Crippen LogP contribution >= 0.6 is 0 Å². The van der Waals surface area contributed by atoms with Gasteiger partial charge in [-0.25, -0.2) is 0 Å². The number of quaternary nitrogens is 1. The van der Waals surface area contributed by atoms with Gasteiger partial charge in [-0.05, 0) is 26.8 Å². The quantitative estimate of drug-likeness (QED) is 0.626. The lowest BCUT2D eigenvalue weighted by atomic mass is 10.3. The molecular formula is C11H27N2Si+. The Balaban J connectivity index is 2.41. The van der Waals surface area contributed by atoms with E-state index in [0.717, 1.165) is 0 Å². The number of unbranched alkanes of at least 4 members (excludes halogenated alkanes) is 1. The van der Waals surface area contributed by atoms with Gasteiger partial charge in [-0.15, -0.1) is 0 Å². The van der Waals surface area contributed by atoms with E-state index in [1.54, 1.807) is 0 Å². The van der Waals surface area contributed by atoms with Crippen molar-refractivity contribution in [2.45, 2.75) is 40.0 Å². The third-order valence-electron chi connectivity index (χ3n) is 3.78. The zero-order valence-corrected chi connectivity index (χ0v) is 11.7. The van der Waals surface area contributed by atoms with Gasteiger partial charge in [0.25, 0.3) is 0 Å². The Morgan fingerprint density at radius 3 is 2.50 bits per heavy atom. The Bertz CT molecular complexity index is 157. The first-order valence-electron chi connectivity index (χ1n) is 6.33. The fourth-order valence-electron chi connectivity index (χ4n) is 2.50. The molecule has 0 aliphatic carbocycles. The van der Waals surface area contributed by atoms with Crippen LogP contribution in [0.2, 0.25) is 0 Å². The van der Waals surface area contributed by atoms with Gasteiger partial charge in [0.15, 0.2) is 0 Å². The van der Waals surface area contributed by atoms with Crippen LogP contribution in [0.1, 0.15) is 40.0 Å². The van der Waals surface area contributed by atoms with Crippen LogP contribution in [-0.4, -0.2) is 51.3 Å². The number of hydrogen-bond acceptors (Lipinski definition) is 1. The molecule has 0 bridgehead atoms. The first-order valence-corrected chi connectivity index (χ1v) is 7.60. The molecule has 0 spiro atoms. The molecule has 0 unspecified atom stereocenters. The average molecular weight is 215 g/mol. The summed E-state index contributed by atoms with van der Waals surface area (Å²) in [6, 6.07) is 0. The fourth-order valence-corrected chi connectivity index (χ4v) is 4.84. The highest BCUT2D eigenvalue weighted by atomic mass is 28.2.